The van der Waals surface area contributed by atoms with Crippen molar-refractivity contribution in [3.05, 3.63) is 79.9 Å². The van der Waals surface area contributed by atoms with Gasteiger partial charge in [0, 0.05) is 17.7 Å². The maximum atomic E-state index is 10.3. The molecule has 1 aromatic rings. The lowest BCUT2D eigenvalue weighted by Gasteiger charge is -1.94. The number of benzene rings is 1. The molecule has 9 nitrogen and oxygen atoms in total. The Labute approximate surface area is 193 Å². The summed E-state index contributed by atoms with van der Waals surface area (Å²) in [7, 11) is 0. The molecule has 0 amide bonds. The second-order valence-electron chi connectivity index (χ2n) is 5.84. The summed E-state index contributed by atoms with van der Waals surface area (Å²) in [6.45, 7) is 16.3. The summed E-state index contributed by atoms with van der Waals surface area (Å²) in [6, 6.07) is 10.0. The number of hydrogen-bond donors (Lipinski definition) is 2. The Morgan fingerprint density at radius 3 is 1.82 bits per heavy atom. The van der Waals surface area contributed by atoms with Gasteiger partial charge in [0.15, 0.2) is 0 Å². The highest BCUT2D eigenvalue weighted by atomic mass is 16.6. The fourth-order valence-electron chi connectivity index (χ4n) is 1.45. The summed E-state index contributed by atoms with van der Waals surface area (Å²) < 4.78 is 13.9. The van der Waals surface area contributed by atoms with Gasteiger partial charge in [-0.25, -0.2) is 14.4 Å². The molecule has 0 aromatic heterocycles. The minimum Gasteiger partial charge on any atom is -0.481 e. The second kappa shape index (κ2) is 20.0. The molecule has 2 N–H and O–H groups in total. The Bertz CT molecular complexity index is 793. The first-order chi connectivity index (χ1) is 15.6. The van der Waals surface area contributed by atoms with Gasteiger partial charge in [0.2, 0.25) is 0 Å². The van der Waals surface area contributed by atoms with E-state index >= 15 is 0 Å². The van der Waals surface area contributed by atoms with Crippen LogP contribution < -0.4 is 0 Å². The second-order valence-corrected chi connectivity index (χ2v) is 5.84. The molecule has 0 saturated carbocycles. The number of esters is 2. The van der Waals surface area contributed by atoms with Crippen molar-refractivity contribution in [3.63, 3.8) is 0 Å². The number of aliphatic carboxylic acids is 2. The molecule has 9 heteroatoms. The molecule has 1 aliphatic rings. The molecule has 0 spiro atoms. The normalized spacial score (nSPS) is 12.2. The van der Waals surface area contributed by atoms with E-state index in [-0.39, 0.29) is 23.6 Å². The quantitative estimate of drug-likeness (QED) is 0.321. The average Bonchev–Trinajstić information content (AvgIpc) is 3.63. The Balaban J connectivity index is 0. The van der Waals surface area contributed by atoms with Gasteiger partial charge in [-0.3, -0.25) is 4.79 Å². The van der Waals surface area contributed by atoms with Crippen LogP contribution >= 0.6 is 0 Å². The van der Waals surface area contributed by atoms with E-state index in [1.54, 1.807) is 6.92 Å². The van der Waals surface area contributed by atoms with Gasteiger partial charge in [-0.15, -0.1) is 0 Å². The van der Waals surface area contributed by atoms with Crippen LogP contribution in [0, 0.1) is 0 Å². The Morgan fingerprint density at radius 2 is 1.55 bits per heavy atom. The van der Waals surface area contributed by atoms with Crippen LogP contribution in [0.3, 0.4) is 0 Å². The Hall–Kier alpha value is -3.98. The van der Waals surface area contributed by atoms with Crippen LogP contribution in [0.5, 0.6) is 0 Å². The Kier molecular flexibility index (Phi) is 18.9. The third-order valence-corrected chi connectivity index (χ3v) is 3.14. The molecule has 1 saturated heterocycles. The predicted molar refractivity (Wildman–Crippen MR) is 123 cm³/mol. The van der Waals surface area contributed by atoms with Crippen LogP contribution in [0.2, 0.25) is 0 Å². The average molecular weight is 462 g/mol. The van der Waals surface area contributed by atoms with Crippen LogP contribution in [0.25, 0.3) is 6.08 Å². The van der Waals surface area contributed by atoms with Crippen LogP contribution in [0.1, 0.15) is 18.9 Å². The molecule has 1 aliphatic heterocycles. The van der Waals surface area contributed by atoms with Crippen molar-refractivity contribution in [2.24, 2.45) is 0 Å². The van der Waals surface area contributed by atoms with Gasteiger partial charge in [0.25, 0.3) is 0 Å². The lowest BCUT2D eigenvalue weighted by molar-refractivity contribution is -0.139. The van der Waals surface area contributed by atoms with E-state index in [9.17, 15) is 19.2 Å². The van der Waals surface area contributed by atoms with Crippen molar-refractivity contribution in [2.75, 3.05) is 19.8 Å². The first-order valence-corrected chi connectivity index (χ1v) is 9.61. The summed E-state index contributed by atoms with van der Waals surface area (Å²) in [5.41, 5.74) is 0.870. The third kappa shape index (κ3) is 22.5. The zero-order valence-corrected chi connectivity index (χ0v) is 18.6. The fourth-order valence-corrected chi connectivity index (χ4v) is 1.45. The van der Waals surface area contributed by atoms with Crippen molar-refractivity contribution in [3.8, 4) is 0 Å². The molecule has 1 unspecified atom stereocenters. The highest BCUT2D eigenvalue weighted by molar-refractivity contribution is 5.91. The number of carbonyl (C=O) groups excluding carboxylic acids is 2. The van der Waals surface area contributed by atoms with E-state index in [4.69, 9.17) is 14.9 Å². The highest BCUT2D eigenvalue weighted by Gasteiger charge is 2.23. The number of carboxylic acids is 2. The summed E-state index contributed by atoms with van der Waals surface area (Å²) in [5.74, 6) is -3.19. The van der Waals surface area contributed by atoms with E-state index in [0.29, 0.717) is 19.8 Å². The highest BCUT2D eigenvalue weighted by Crippen LogP contribution is 2.08. The molecule has 2 rings (SSSR count). The first kappa shape index (κ1) is 31.2. The lowest BCUT2D eigenvalue weighted by Crippen LogP contribution is -2.06. The largest absolute Gasteiger partial charge is 0.481 e. The van der Waals surface area contributed by atoms with E-state index in [1.807, 2.05) is 36.4 Å². The van der Waals surface area contributed by atoms with Gasteiger partial charge in [-0.2, -0.15) is 0 Å². The van der Waals surface area contributed by atoms with Crippen molar-refractivity contribution in [1.82, 2.24) is 0 Å². The number of carbonyl (C=O) groups is 4. The minimum atomic E-state index is -1.27. The summed E-state index contributed by atoms with van der Waals surface area (Å²) in [6.07, 6.45) is 3.76. The number of ether oxygens (including phenoxy) is 3. The number of carboxylic acid groups (broad SMARTS) is 2. The van der Waals surface area contributed by atoms with Crippen molar-refractivity contribution in [2.45, 2.75) is 19.4 Å². The van der Waals surface area contributed by atoms with E-state index in [2.05, 4.69) is 35.8 Å². The van der Waals surface area contributed by atoms with Crippen molar-refractivity contribution in [1.29, 1.82) is 0 Å². The number of rotatable bonds is 9. The molecular weight excluding hydrogens is 432 g/mol. The molecule has 33 heavy (non-hydrogen) atoms. The first-order valence-electron chi connectivity index (χ1n) is 9.61. The van der Waals surface area contributed by atoms with Crippen LogP contribution in [-0.2, 0) is 33.4 Å². The summed E-state index contributed by atoms with van der Waals surface area (Å²) in [5, 5.41) is 16.1. The Morgan fingerprint density at radius 1 is 1.03 bits per heavy atom. The van der Waals surface area contributed by atoms with E-state index < -0.39 is 18.4 Å². The lowest BCUT2D eigenvalue weighted by atomic mass is 10.2. The van der Waals surface area contributed by atoms with Crippen molar-refractivity contribution >= 4 is 30.0 Å². The maximum absolute atomic E-state index is 10.3. The molecular formula is C24H30O9. The molecule has 1 atom stereocenters. The fraction of sp³-hybridized carbons (Fsp3) is 0.250. The molecule has 0 aliphatic carbocycles. The molecule has 0 radical (unpaired) electrons. The number of epoxide rings is 1. The van der Waals surface area contributed by atoms with Crippen molar-refractivity contribution < 1.29 is 43.6 Å². The smallest absolute Gasteiger partial charge is 0.331 e. The van der Waals surface area contributed by atoms with Gasteiger partial charge in [-0.05, 0) is 12.5 Å². The van der Waals surface area contributed by atoms with Gasteiger partial charge in [0.1, 0.15) is 12.7 Å². The maximum Gasteiger partial charge on any atom is 0.331 e. The minimum absolute atomic E-state index is 0.147. The molecule has 0 bridgehead atoms. The topological polar surface area (TPSA) is 140 Å². The van der Waals surface area contributed by atoms with Gasteiger partial charge in [0.05, 0.1) is 19.6 Å². The van der Waals surface area contributed by atoms with Crippen LogP contribution in [0.15, 0.2) is 74.4 Å². The summed E-state index contributed by atoms with van der Waals surface area (Å²) in [4.78, 5) is 40.1. The van der Waals surface area contributed by atoms with E-state index in [1.165, 1.54) is 5.56 Å². The monoisotopic (exact) mass is 462 g/mol. The SMILES string of the molecule is C=C(CC(=O)O)C(=O)O.C=CC(=O)OCC.C=CC(=O)OCC1CO1.C=Cc1ccccc1. The molecule has 1 heterocycles. The zero-order chi connectivity index (χ0) is 25.6. The van der Waals surface area contributed by atoms with Crippen LogP contribution in [0.4, 0.5) is 0 Å². The zero-order valence-electron chi connectivity index (χ0n) is 18.6. The van der Waals surface area contributed by atoms with Gasteiger partial charge in [-0.1, -0.05) is 62.7 Å². The third-order valence-electron chi connectivity index (χ3n) is 3.14. The van der Waals surface area contributed by atoms with Gasteiger partial charge < -0.3 is 24.4 Å². The van der Waals surface area contributed by atoms with E-state index in [0.717, 1.165) is 12.2 Å². The standard InChI is InChI=1S/C8H8.C6H8O3.C5H6O4.C5H8O2/c1-2-8-6-4-3-5-7-8;1-2-6(7)9-4-5-3-8-5;1-3(5(8)9)2-4(6)7;1-3-5(6)7-4-2/h2-7H,1H2;2,5H,1,3-4H2;1-2H2,(H,6,7)(H,8,9);3H,1,4H2,2H3. The molecule has 180 valence electrons. The number of hydrogen-bond acceptors (Lipinski definition) is 7. The summed E-state index contributed by atoms with van der Waals surface area (Å²) >= 11 is 0. The van der Waals surface area contributed by atoms with Gasteiger partial charge >= 0.3 is 23.9 Å². The molecule has 1 aromatic carbocycles. The van der Waals surface area contributed by atoms with Crippen LogP contribution in [-0.4, -0.2) is 60.0 Å². The molecule has 1 fully saturated rings. The predicted octanol–water partition coefficient (Wildman–Crippen LogP) is 3.28.